The zero-order chi connectivity index (χ0) is 13.5. The lowest BCUT2D eigenvalue weighted by Gasteiger charge is -2.03. The van der Waals surface area contributed by atoms with Crippen molar-refractivity contribution in [1.82, 2.24) is 10.3 Å². The molecule has 0 fully saturated rings. The van der Waals surface area contributed by atoms with Gasteiger partial charge in [0.2, 0.25) is 0 Å². The average molecular weight is 272 g/mol. The second-order valence-corrected chi connectivity index (χ2v) is 4.62. The van der Waals surface area contributed by atoms with Crippen molar-refractivity contribution in [2.24, 2.45) is 0 Å². The van der Waals surface area contributed by atoms with Gasteiger partial charge in [-0.15, -0.1) is 11.3 Å². The summed E-state index contributed by atoms with van der Waals surface area (Å²) in [7, 11) is 0. The summed E-state index contributed by atoms with van der Waals surface area (Å²) < 4.78 is 0. The molecule has 2 heterocycles. The van der Waals surface area contributed by atoms with E-state index in [0.29, 0.717) is 12.2 Å². The molecule has 2 N–H and O–H groups in total. The monoisotopic (exact) mass is 272 g/mol. The van der Waals surface area contributed by atoms with E-state index < -0.39 is 0 Å². The number of aromatic nitrogens is 1. The molecule has 0 aliphatic carbocycles. The van der Waals surface area contributed by atoms with Gasteiger partial charge < -0.3 is 10.4 Å². The number of amides is 1. The molecule has 0 unspecified atom stereocenters. The Morgan fingerprint density at radius 3 is 3.05 bits per heavy atom. The molecule has 0 atom stereocenters. The van der Waals surface area contributed by atoms with Crippen molar-refractivity contribution >= 4 is 17.2 Å². The van der Waals surface area contributed by atoms with E-state index in [1.165, 1.54) is 11.3 Å². The molecule has 0 aliphatic rings. The van der Waals surface area contributed by atoms with E-state index in [-0.39, 0.29) is 12.5 Å². The molecular formula is C14H12N2O2S. The van der Waals surface area contributed by atoms with E-state index in [1.54, 1.807) is 24.4 Å². The van der Waals surface area contributed by atoms with Crippen LogP contribution < -0.4 is 5.32 Å². The largest absolute Gasteiger partial charge is 0.384 e. The Labute approximate surface area is 115 Å². The summed E-state index contributed by atoms with van der Waals surface area (Å²) >= 11 is 1.52. The van der Waals surface area contributed by atoms with Crippen LogP contribution >= 0.6 is 11.3 Å². The molecule has 0 saturated heterocycles. The minimum Gasteiger partial charge on any atom is -0.384 e. The maximum absolute atomic E-state index is 11.8. The maximum Gasteiger partial charge on any atom is 0.270 e. The van der Waals surface area contributed by atoms with Crippen molar-refractivity contribution in [1.29, 1.82) is 0 Å². The first-order chi connectivity index (χ1) is 9.31. The Morgan fingerprint density at radius 2 is 2.32 bits per heavy atom. The van der Waals surface area contributed by atoms with Crippen LogP contribution in [0.15, 0.2) is 35.8 Å². The SMILES string of the molecule is O=C(NCc1sccc1C#CCO)c1ccccn1. The highest BCUT2D eigenvalue weighted by Gasteiger charge is 2.07. The van der Waals surface area contributed by atoms with Crippen LogP contribution in [0.1, 0.15) is 20.9 Å². The molecule has 2 aromatic rings. The van der Waals surface area contributed by atoms with E-state index in [0.717, 1.165) is 10.4 Å². The lowest BCUT2D eigenvalue weighted by atomic mass is 10.2. The quantitative estimate of drug-likeness (QED) is 0.831. The van der Waals surface area contributed by atoms with E-state index in [4.69, 9.17) is 5.11 Å². The fourth-order valence-corrected chi connectivity index (χ4v) is 2.24. The van der Waals surface area contributed by atoms with Crippen LogP contribution in [0.25, 0.3) is 0 Å². The molecule has 1 amide bonds. The fraction of sp³-hybridized carbons (Fsp3) is 0.143. The van der Waals surface area contributed by atoms with Gasteiger partial charge in [-0.2, -0.15) is 0 Å². The molecule has 5 heteroatoms. The Morgan fingerprint density at radius 1 is 1.42 bits per heavy atom. The third-order valence-corrected chi connectivity index (χ3v) is 3.28. The summed E-state index contributed by atoms with van der Waals surface area (Å²) in [4.78, 5) is 16.8. The van der Waals surface area contributed by atoms with Crippen LogP contribution in [0.4, 0.5) is 0 Å². The number of hydrogen-bond acceptors (Lipinski definition) is 4. The van der Waals surface area contributed by atoms with Crippen LogP contribution in [0, 0.1) is 11.8 Å². The van der Waals surface area contributed by atoms with Crippen molar-refractivity contribution in [3.05, 3.63) is 52.0 Å². The molecule has 0 radical (unpaired) electrons. The third kappa shape index (κ3) is 3.65. The van der Waals surface area contributed by atoms with Gasteiger partial charge in [0.25, 0.3) is 5.91 Å². The lowest BCUT2D eigenvalue weighted by Crippen LogP contribution is -2.23. The minimum absolute atomic E-state index is 0.171. The second kappa shape index (κ2) is 6.69. The summed E-state index contributed by atoms with van der Waals surface area (Å²) in [6.07, 6.45) is 1.58. The molecule has 0 aliphatic heterocycles. The van der Waals surface area contributed by atoms with Gasteiger partial charge in [-0.05, 0) is 23.6 Å². The third-order valence-electron chi connectivity index (χ3n) is 2.35. The number of rotatable bonds is 3. The van der Waals surface area contributed by atoms with Gasteiger partial charge in [-0.25, -0.2) is 0 Å². The van der Waals surface area contributed by atoms with Crippen LogP contribution in [0.3, 0.4) is 0 Å². The van der Waals surface area contributed by atoms with Gasteiger partial charge in [0.1, 0.15) is 12.3 Å². The van der Waals surface area contributed by atoms with E-state index in [2.05, 4.69) is 22.1 Å². The molecule has 2 rings (SSSR count). The van der Waals surface area contributed by atoms with Crippen molar-refractivity contribution in [2.45, 2.75) is 6.54 Å². The zero-order valence-corrected chi connectivity index (χ0v) is 10.9. The topological polar surface area (TPSA) is 62.2 Å². The summed E-state index contributed by atoms with van der Waals surface area (Å²) in [5.41, 5.74) is 1.22. The Hall–Kier alpha value is -2.16. The summed E-state index contributed by atoms with van der Waals surface area (Å²) in [6, 6.07) is 7.07. The van der Waals surface area contributed by atoms with Crippen LogP contribution in [0.2, 0.25) is 0 Å². The Kier molecular flexibility index (Phi) is 4.67. The first-order valence-corrected chi connectivity index (χ1v) is 6.54. The molecule has 19 heavy (non-hydrogen) atoms. The Bertz CT molecular complexity index is 611. The fourth-order valence-electron chi connectivity index (χ4n) is 1.47. The highest BCUT2D eigenvalue weighted by atomic mass is 32.1. The molecule has 2 aromatic heterocycles. The number of hydrogen-bond donors (Lipinski definition) is 2. The van der Waals surface area contributed by atoms with Gasteiger partial charge in [-0.3, -0.25) is 9.78 Å². The summed E-state index contributed by atoms with van der Waals surface area (Å²) in [6.45, 7) is 0.234. The molecule has 4 nitrogen and oxygen atoms in total. The highest BCUT2D eigenvalue weighted by Crippen LogP contribution is 2.15. The van der Waals surface area contributed by atoms with Gasteiger partial charge >= 0.3 is 0 Å². The van der Waals surface area contributed by atoms with E-state index >= 15 is 0 Å². The number of aliphatic hydroxyl groups excluding tert-OH is 1. The number of carbonyl (C=O) groups is 1. The number of thiophene rings is 1. The first-order valence-electron chi connectivity index (χ1n) is 5.66. The van der Waals surface area contributed by atoms with Crippen molar-refractivity contribution in [3.8, 4) is 11.8 Å². The smallest absolute Gasteiger partial charge is 0.270 e. The van der Waals surface area contributed by atoms with Gasteiger partial charge in [0, 0.05) is 16.6 Å². The number of pyridine rings is 1. The minimum atomic E-state index is -0.213. The summed E-state index contributed by atoms with van der Waals surface area (Å²) in [5.74, 6) is 5.23. The van der Waals surface area contributed by atoms with Gasteiger partial charge in [0.15, 0.2) is 0 Å². The predicted molar refractivity (Wildman–Crippen MR) is 73.7 cm³/mol. The highest BCUT2D eigenvalue weighted by molar-refractivity contribution is 7.10. The standard InChI is InChI=1S/C14H12N2O2S/c17-8-3-4-11-6-9-19-13(11)10-16-14(18)12-5-1-2-7-15-12/h1-2,5-7,9,17H,8,10H2,(H,16,18). The van der Waals surface area contributed by atoms with Crippen LogP contribution in [-0.4, -0.2) is 22.6 Å². The van der Waals surface area contributed by atoms with E-state index in [9.17, 15) is 4.79 Å². The van der Waals surface area contributed by atoms with E-state index in [1.807, 2.05) is 11.4 Å². The molecule has 0 aromatic carbocycles. The van der Waals surface area contributed by atoms with Crippen LogP contribution in [-0.2, 0) is 6.54 Å². The van der Waals surface area contributed by atoms with Crippen LogP contribution in [0.5, 0.6) is 0 Å². The van der Waals surface area contributed by atoms with Crippen molar-refractivity contribution in [2.75, 3.05) is 6.61 Å². The zero-order valence-electron chi connectivity index (χ0n) is 10.1. The average Bonchev–Trinajstić information content (AvgIpc) is 2.91. The summed E-state index contributed by atoms with van der Waals surface area (Å²) in [5, 5.41) is 13.4. The number of nitrogens with one attached hydrogen (secondary N) is 1. The number of carbonyl (C=O) groups excluding carboxylic acids is 1. The Balaban J connectivity index is 2.00. The molecular weight excluding hydrogens is 260 g/mol. The van der Waals surface area contributed by atoms with Gasteiger partial charge in [0.05, 0.1) is 6.54 Å². The van der Waals surface area contributed by atoms with Gasteiger partial charge in [-0.1, -0.05) is 17.9 Å². The molecule has 0 bridgehead atoms. The second-order valence-electron chi connectivity index (χ2n) is 3.61. The molecule has 96 valence electrons. The predicted octanol–water partition coefficient (Wildman–Crippen LogP) is 1.42. The lowest BCUT2D eigenvalue weighted by molar-refractivity contribution is 0.0946. The number of nitrogens with zero attached hydrogens (tertiary/aromatic N) is 1. The molecule has 0 saturated carbocycles. The molecule has 0 spiro atoms. The maximum atomic E-state index is 11.8. The number of aliphatic hydroxyl groups is 1. The first kappa shape index (κ1) is 13.3. The normalized spacial score (nSPS) is 9.53. The van der Waals surface area contributed by atoms with Crippen molar-refractivity contribution < 1.29 is 9.90 Å². The van der Waals surface area contributed by atoms with Crippen molar-refractivity contribution in [3.63, 3.8) is 0 Å².